The molecule has 1 N–H and O–H groups in total. The average Bonchev–Trinajstić information content (AvgIpc) is 2.77. The molecular weight excluding hydrogens is 254 g/mol. The van der Waals surface area contributed by atoms with Gasteiger partial charge in [0.15, 0.2) is 0 Å². The van der Waals surface area contributed by atoms with Gasteiger partial charge >= 0.3 is 0 Å². The summed E-state index contributed by atoms with van der Waals surface area (Å²) in [6, 6.07) is 3.89. The third kappa shape index (κ3) is 1.94. The van der Waals surface area contributed by atoms with Crippen LogP contribution >= 0.6 is 11.3 Å². The molecule has 0 aromatic carbocycles. The number of carbonyl (C=O) groups excluding carboxylic acids is 1. The van der Waals surface area contributed by atoms with Crippen molar-refractivity contribution < 1.29 is 4.79 Å². The first-order valence-electron chi connectivity index (χ1n) is 7.42. The first-order chi connectivity index (χ1) is 9.06. The van der Waals surface area contributed by atoms with E-state index in [0.29, 0.717) is 5.41 Å². The third-order valence-corrected chi connectivity index (χ3v) is 6.35. The molecule has 1 aromatic heterocycles. The van der Waals surface area contributed by atoms with Crippen LogP contribution in [0.15, 0.2) is 17.5 Å². The summed E-state index contributed by atoms with van der Waals surface area (Å²) >= 11 is 1.55. The van der Waals surface area contributed by atoms with Crippen molar-refractivity contribution in [2.45, 2.75) is 51.0 Å². The van der Waals surface area contributed by atoms with Gasteiger partial charge < -0.3 is 5.32 Å². The van der Waals surface area contributed by atoms with E-state index in [1.807, 2.05) is 17.5 Å². The molecule has 4 bridgehead atoms. The predicted molar refractivity (Wildman–Crippen MR) is 77.3 cm³/mol. The van der Waals surface area contributed by atoms with Gasteiger partial charge in [-0.25, -0.2) is 0 Å². The lowest BCUT2D eigenvalue weighted by Crippen LogP contribution is -2.62. The number of amides is 1. The van der Waals surface area contributed by atoms with Crippen LogP contribution in [0.5, 0.6) is 0 Å². The van der Waals surface area contributed by atoms with E-state index in [0.717, 1.165) is 16.7 Å². The van der Waals surface area contributed by atoms with E-state index in [2.05, 4.69) is 12.2 Å². The molecule has 4 atom stereocenters. The summed E-state index contributed by atoms with van der Waals surface area (Å²) in [5.74, 6) is 1.87. The van der Waals surface area contributed by atoms with Gasteiger partial charge in [0.05, 0.1) is 4.88 Å². The van der Waals surface area contributed by atoms with Gasteiger partial charge in [-0.3, -0.25) is 4.79 Å². The monoisotopic (exact) mass is 275 g/mol. The van der Waals surface area contributed by atoms with Crippen LogP contribution in [0.3, 0.4) is 0 Å². The van der Waals surface area contributed by atoms with Crippen molar-refractivity contribution in [3.63, 3.8) is 0 Å². The SMILES string of the molecule is CC12C[C@H]3C[C@@H](C1)CC(NC(=O)c1cccs1)(C3)C2. The Morgan fingerprint density at radius 1 is 1.32 bits per heavy atom. The van der Waals surface area contributed by atoms with Crippen LogP contribution in [-0.4, -0.2) is 11.4 Å². The lowest BCUT2D eigenvalue weighted by Gasteiger charge is -2.61. The second-order valence-corrected chi connectivity index (χ2v) is 8.43. The maximum absolute atomic E-state index is 12.4. The van der Waals surface area contributed by atoms with Gasteiger partial charge in [0.1, 0.15) is 0 Å². The Kier molecular flexibility index (Phi) is 2.42. The lowest BCUT2D eigenvalue weighted by atomic mass is 9.47. The van der Waals surface area contributed by atoms with E-state index in [9.17, 15) is 4.79 Å². The van der Waals surface area contributed by atoms with E-state index in [1.54, 1.807) is 11.3 Å². The normalized spacial score (nSPS) is 43.4. The van der Waals surface area contributed by atoms with Gasteiger partial charge in [-0.05, 0) is 67.2 Å². The molecule has 19 heavy (non-hydrogen) atoms. The molecule has 5 rings (SSSR count). The molecule has 4 aliphatic rings. The second-order valence-electron chi connectivity index (χ2n) is 7.48. The Morgan fingerprint density at radius 3 is 2.63 bits per heavy atom. The minimum atomic E-state index is 0.111. The van der Waals surface area contributed by atoms with Gasteiger partial charge in [-0.1, -0.05) is 13.0 Å². The third-order valence-electron chi connectivity index (χ3n) is 5.48. The zero-order valence-electron chi connectivity index (χ0n) is 11.4. The summed E-state index contributed by atoms with van der Waals surface area (Å²) in [7, 11) is 0. The van der Waals surface area contributed by atoms with Crippen molar-refractivity contribution in [2.24, 2.45) is 17.3 Å². The van der Waals surface area contributed by atoms with Crippen molar-refractivity contribution in [2.75, 3.05) is 0 Å². The smallest absolute Gasteiger partial charge is 0.261 e. The maximum atomic E-state index is 12.4. The molecule has 4 saturated carbocycles. The Bertz CT molecular complexity index is 493. The maximum Gasteiger partial charge on any atom is 0.261 e. The van der Waals surface area contributed by atoms with Gasteiger partial charge in [0.2, 0.25) is 0 Å². The molecule has 0 saturated heterocycles. The van der Waals surface area contributed by atoms with Crippen molar-refractivity contribution in [3.05, 3.63) is 22.4 Å². The highest BCUT2D eigenvalue weighted by atomic mass is 32.1. The van der Waals surface area contributed by atoms with Gasteiger partial charge in [0.25, 0.3) is 5.91 Å². The summed E-state index contributed by atoms with van der Waals surface area (Å²) in [6.07, 6.45) is 7.82. The molecule has 3 heteroatoms. The standard InChI is InChI=1S/C16H21NOS/c1-15-6-11-5-12(7-15)9-16(8-11,10-15)17-14(18)13-3-2-4-19-13/h2-4,11-12H,5-10H2,1H3,(H,17,18)/t11-,12+,15?,16?. The zero-order valence-corrected chi connectivity index (χ0v) is 12.3. The lowest BCUT2D eigenvalue weighted by molar-refractivity contribution is -0.0680. The molecule has 2 unspecified atom stereocenters. The molecule has 4 fully saturated rings. The Labute approximate surface area is 118 Å². The van der Waals surface area contributed by atoms with Crippen molar-refractivity contribution in [1.29, 1.82) is 0 Å². The molecule has 1 heterocycles. The molecule has 2 nitrogen and oxygen atoms in total. The van der Waals surface area contributed by atoms with Gasteiger partial charge in [-0.2, -0.15) is 0 Å². The molecule has 0 radical (unpaired) electrons. The molecule has 0 spiro atoms. The van der Waals surface area contributed by atoms with Crippen LogP contribution in [0, 0.1) is 17.3 Å². The van der Waals surface area contributed by atoms with E-state index < -0.39 is 0 Å². The number of carbonyl (C=O) groups is 1. The average molecular weight is 275 g/mol. The minimum Gasteiger partial charge on any atom is -0.346 e. The summed E-state index contributed by atoms with van der Waals surface area (Å²) in [5, 5.41) is 5.41. The first kappa shape index (κ1) is 12.0. The molecule has 102 valence electrons. The van der Waals surface area contributed by atoms with E-state index in [4.69, 9.17) is 0 Å². The highest BCUT2D eigenvalue weighted by Gasteiger charge is 2.56. The minimum absolute atomic E-state index is 0.111. The molecule has 1 amide bonds. The van der Waals surface area contributed by atoms with Crippen LogP contribution in [0.4, 0.5) is 0 Å². The number of nitrogens with one attached hydrogen (secondary N) is 1. The van der Waals surface area contributed by atoms with Crippen LogP contribution in [0.1, 0.15) is 55.1 Å². The predicted octanol–water partition coefficient (Wildman–Crippen LogP) is 3.84. The summed E-state index contributed by atoms with van der Waals surface area (Å²) in [4.78, 5) is 13.3. The van der Waals surface area contributed by atoms with Crippen molar-refractivity contribution in [1.82, 2.24) is 5.32 Å². The Hall–Kier alpha value is -0.830. The van der Waals surface area contributed by atoms with Crippen LogP contribution in [0.2, 0.25) is 0 Å². The van der Waals surface area contributed by atoms with E-state index >= 15 is 0 Å². The molecule has 0 aliphatic heterocycles. The highest BCUT2D eigenvalue weighted by Crippen LogP contribution is 2.61. The van der Waals surface area contributed by atoms with Crippen LogP contribution < -0.4 is 5.32 Å². The zero-order chi connectivity index (χ0) is 13.1. The quantitative estimate of drug-likeness (QED) is 0.873. The fraction of sp³-hybridized carbons (Fsp3) is 0.688. The number of rotatable bonds is 2. The van der Waals surface area contributed by atoms with E-state index in [-0.39, 0.29) is 11.4 Å². The topological polar surface area (TPSA) is 29.1 Å². The summed E-state index contributed by atoms with van der Waals surface area (Å²) in [6.45, 7) is 2.44. The molecular formula is C16H21NOS. The molecule has 1 aromatic rings. The largest absolute Gasteiger partial charge is 0.346 e. The number of hydrogen-bond donors (Lipinski definition) is 1. The fourth-order valence-electron chi connectivity index (χ4n) is 5.58. The first-order valence-corrected chi connectivity index (χ1v) is 8.30. The summed E-state index contributed by atoms with van der Waals surface area (Å²) < 4.78 is 0. The van der Waals surface area contributed by atoms with Gasteiger partial charge in [0, 0.05) is 5.54 Å². The molecule has 4 aliphatic carbocycles. The summed E-state index contributed by atoms with van der Waals surface area (Å²) in [5.41, 5.74) is 0.604. The van der Waals surface area contributed by atoms with Gasteiger partial charge in [-0.15, -0.1) is 11.3 Å². The van der Waals surface area contributed by atoms with Crippen LogP contribution in [-0.2, 0) is 0 Å². The Morgan fingerprint density at radius 2 is 2.05 bits per heavy atom. The van der Waals surface area contributed by atoms with E-state index in [1.165, 1.54) is 38.5 Å². The fourth-order valence-corrected chi connectivity index (χ4v) is 6.20. The Balaban J connectivity index is 1.59. The van der Waals surface area contributed by atoms with Crippen molar-refractivity contribution >= 4 is 17.2 Å². The van der Waals surface area contributed by atoms with Crippen LogP contribution in [0.25, 0.3) is 0 Å². The second kappa shape index (κ2) is 3.85. The highest BCUT2D eigenvalue weighted by molar-refractivity contribution is 7.12. The number of thiophene rings is 1. The number of hydrogen-bond acceptors (Lipinski definition) is 2. The van der Waals surface area contributed by atoms with Crippen molar-refractivity contribution in [3.8, 4) is 0 Å².